The molecule has 1 rings (SSSR count). The molecule has 2 N–H and O–H groups in total. The second-order valence-corrected chi connectivity index (χ2v) is 3.67. The number of hydrogen-bond donors (Lipinski definition) is 2. The van der Waals surface area contributed by atoms with Gasteiger partial charge in [0.15, 0.2) is 0 Å². The third kappa shape index (κ3) is 3.47. The van der Waals surface area contributed by atoms with E-state index < -0.39 is 4.92 Å². The third-order valence-corrected chi connectivity index (χ3v) is 2.15. The van der Waals surface area contributed by atoms with Gasteiger partial charge in [-0.25, -0.2) is 4.98 Å². The number of rotatable bonds is 6. The average molecular weight is 224 g/mol. The lowest BCUT2D eigenvalue weighted by Crippen LogP contribution is -2.23. The zero-order valence-electron chi connectivity index (χ0n) is 9.43. The Labute approximate surface area is 94.2 Å². The van der Waals surface area contributed by atoms with Crippen LogP contribution in [0.3, 0.4) is 0 Å². The Morgan fingerprint density at radius 3 is 2.94 bits per heavy atom. The van der Waals surface area contributed by atoms with Crippen molar-refractivity contribution in [3.8, 4) is 0 Å². The van der Waals surface area contributed by atoms with Crippen molar-refractivity contribution in [3.05, 3.63) is 28.4 Å². The quantitative estimate of drug-likeness (QED) is 0.561. The monoisotopic (exact) mass is 224 g/mol. The van der Waals surface area contributed by atoms with Crippen LogP contribution in [0.2, 0.25) is 0 Å². The maximum Gasteiger partial charge on any atom is 0.311 e. The van der Waals surface area contributed by atoms with Crippen LogP contribution in [-0.2, 0) is 0 Å². The highest BCUT2D eigenvalue weighted by atomic mass is 16.6. The van der Waals surface area contributed by atoms with Gasteiger partial charge in [-0.1, -0.05) is 6.92 Å². The molecular formula is C10H16N4O2. The summed E-state index contributed by atoms with van der Waals surface area (Å²) in [6.07, 6.45) is 1.54. The molecule has 1 unspecified atom stereocenters. The van der Waals surface area contributed by atoms with E-state index in [9.17, 15) is 10.1 Å². The van der Waals surface area contributed by atoms with E-state index in [0.29, 0.717) is 18.3 Å². The van der Waals surface area contributed by atoms with Crippen LogP contribution in [0.4, 0.5) is 11.5 Å². The lowest BCUT2D eigenvalue weighted by molar-refractivity contribution is -0.384. The molecule has 0 saturated heterocycles. The fourth-order valence-electron chi connectivity index (χ4n) is 1.37. The lowest BCUT2D eigenvalue weighted by atomic mass is 10.2. The van der Waals surface area contributed by atoms with Crippen molar-refractivity contribution in [2.45, 2.75) is 6.92 Å². The molecule has 88 valence electrons. The molecule has 0 aliphatic heterocycles. The van der Waals surface area contributed by atoms with E-state index in [1.54, 1.807) is 6.07 Å². The minimum atomic E-state index is -0.432. The molecule has 0 aliphatic carbocycles. The molecule has 0 aromatic carbocycles. The zero-order chi connectivity index (χ0) is 12.0. The van der Waals surface area contributed by atoms with Gasteiger partial charge in [-0.2, -0.15) is 0 Å². The molecule has 6 heteroatoms. The van der Waals surface area contributed by atoms with Gasteiger partial charge in [0, 0.05) is 18.8 Å². The van der Waals surface area contributed by atoms with Crippen LogP contribution in [0, 0.1) is 16.0 Å². The molecule has 1 atom stereocenters. The molecule has 0 amide bonds. The van der Waals surface area contributed by atoms with Gasteiger partial charge in [0.2, 0.25) is 5.82 Å². The van der Waals surface area contributed by atoms with Crippen molar-refractivity contribution in [1.29, 1.82) is 0 Å². The number of nitrogens with one attached hydrogen (secondary N) is 2. The van der Waals surface area contributed by atoms with Gasteiger partial charge in [0.05, 0.1) is 4.92 Å². The van der Waals surface area contributed by atoms with Crippen molar-refractivity contribution in [2.75, 3.05) is 25.5 Å². The molecule has 0 bridgehead atoms. The fraction of sp³-hybridized carbons (Fsp3) is 0.500. The van der Waals surface area contributed by atoms with E-state index in [-0.39, 0.29) is 5.69 Å². The van der Waals surface area contributed by atoms with Crippen LogP contribution in [0.15, 0.2) is 18.3 Å². The van der Waals surface area contributed by atoms with Crippen LogP contribution in [-0.4, -0.2) is 30.0 Å². The third-order valence-electron chi connectivity index (χ3n) is 2.15. The number of aromatic nitrogens is 1. The summed E-state index contributed by atoms with van der Waals surface area (Å²) in [4.78, 5) is 14.2. The summed E-state index contributed by atoms with van der Waals surface area (Å²) in [5, 5.41) is 16.7. The topological polar surface area (TPSA) is 80.1 Å². The number of hydrogen-bond acceptors (Lipinski definition) is 5. The summed E-state index contributed by atoms with van der Waals surface area (Å²) < 4.78 is 0. The lowest BCUT2D eigenvalue weighted by Gasteiger charge is -2.12. The Balaban J connectivity index is 2.63. The van der Waals surface area contributed by atoms with Crippen molar-refractivity contribution in [1.82, 2.24) is 10.3 Å². The summed E-state index contributed by atoms with van der Waals surface area (Å²) in [6.45, 7) is 3.56. The van der Waals surface area contributed by atoms with E-state index in [4.69, 9.17) is 0 Å². The molecule has 0 radical (unpaired) electrons. The largest absolute Gasteiger partial charge is 0.364 e. The average Bonchev–Trinajstić information content (AvgIpc) is 2.27. The first-order chi connectivity index (χ1) is 7.65. The van der Waals surface area contributed by atoms with Gasteiger partial charge in [0.1, 0.15) is 0 Å². The Morgan fingerprint density at radius 2 is 2.31 bits per heavy atom. The SMILES string of the molecule is CNCC(C)CNc1ncccc1[N+](=O)[O-]. The maximum absolute atomic E-state index is 10.7. The van der Waals surface area contributed by atoms with Crippen LogP contribution in [0.1, 0.15) is 6.92 Å². The molecule has 0 fully saturated rings. The van der Waals surface area contributed by atoms with E-state index in [2.05, 4.69) is 22.5 Å². The smallest absolute Gasteiger partial charge is 0.311 e. The standard InChI is InChI=1S/C10H16N4O2/c1-8(6-11-2)7-13-10-9(14(15)16)4-3-5-12-10/h3-5,8,11H,6-7H2,1-2H3,(H,12,13). The van der Waals surface area contributed by atoms with Crippen molar-refractivity contribution >= 4 is 11.5 Å². The van der Waals surface area contributed by atoms with Crippen molar-refractivity contribution < 1.29 is 4.92 Å². The van der Waals surface area contributed by atoms with Gasteiger partial charge in [-0.3, -0.25) is 10.1 Å². The number of anilines is 1. The first-order valence-corrected chi connectivity index (χ1v) is 5.13. The van der Waals surface area contributed by atoms with E-state index in [0.717, 1.165) is 6.54 Å². The molecule has 1 aromatic rings. The molecule has 1 heterocycles. The van der Waals surface area contributed by atoms with Crippen molar-refractivity contribution in [2.24, 2.45) is 5.92 Å². The zero-order valence-corrected chi connectivity index (χ0v) is 9.43. The molecule has 16 heavy (non-hydrogen) atoms. The predicted octanol–water partition coefficient (Wildman–Crippen LogP) is 1.26. The van der Waals surface area contributed by atoms with Gasteiger partial charge in [-0.15, -0.1) is 0 Å². The van der Waals surface area contributed by atoms with Crippen LogP contribution in [0.5, 0.6) is 0 Å². The van der Waals surface area contributed by atoms with Gasteiger partial charge in [-0.05, 0) is 25.6 Å². The van der Waals surface area contributed by atoms with E-state index in [1.165, 1.54) is 12.3 Å². The minimum Gasteiger partial charge on any atom is -0.364 e. The van der Waals surface area contributed by atoms with Crippen molar-refractivity contribution in [3.63, 3.8) is 0 Å². The highest BCUT2D eigenvalue weighted by molar-refractivity contribution is 5.54. The van der Waals surface area contributed by atoms with Crippen LogP contribution >= 0.6 is 0 Å². The van der Waals surface area contributed by atoms with Crippen LogP contribution < -0.4 is 10.6 Å². The second-order valence-electron chi connectivity index (χ2n) is 3.67. The van der Waals surface area contributed by atoms with Crippen LogP contribution in [0.25, 0.3) is 0 Å². The molecule has 6 nitrogen and oxygen atoms in total. The first-order valence-electron chi connectivity index (χ1n) is 5.13. The Morgan fingerprint density at radius 1 is 1.56 bits per heavy atom. The van der Waals surface area contributed by atoms with E-state index >= 15 is 0 Å². The number of pyridine rings is 1. The van der Waals surface area contributed by atoms with Gasteiger partial charge >= 0.3 is 5.69 Å². The van der Waals surface area contributed by atoms with Gasteiger partial charge in [0.25, 0.3) is 0 Å². The second kappa shape index (κ2) is 6.02. The molecule has 0 spiro atoms. The summed E-state index contributed by atoms with van der Waals surface area (Å²) in [5.41, 5.74) is 0.0131. The summed E-state index contributed by atoms with van der Waals surface area (Å²) in [5.74, 6) is 0.710. The summed E-state index contributed by atoms with van der Waals surface area (Å²) >= 11 is 0. The summed E-state index contributed by atoms with van der Waals surface area (Å²) in [6, 6.07) is 3.00. The first kappa shape index (κ1) is 12.4. The fourth-order valence-corrected chi connectivity index (χ4v) is 1.37. The predicted molar refractivity (Wildman–Crippen MR) is 62.5 cm³/mol. The van der Waals surface area contributed by atoms with E-state index in [1.807, 2.05) is 7.05 Å². The summed E-state index contributed by atoms with van der Waals surface area (Å²) in [7, 11) is 1.87. The maximum atomic E-state index is 10.7. The molecular weight excluding hydrogens is 208 g/mol. The highest BCUT2D eigenvalue weighted by Gasteiger charge is 2.13. The number of nitro groups is 1. The highest BCUT2D eigenvalue weighted by Crippen LogP contribution is 2.20. The van der Waals surface area contributed by atoms with Gasteiger partial charge < -0.3 is 10.6 Å². The Hall–Kier alpha value is -1.69. The minimum absolute atomic E-state index is 0.0131. The Kier molecular flexibility index (Phi) is 4.65. The normalized spacial score (nSPS) is 12.1. The molecule has 0 saturated carbocycles. The molecule has 1 aromatic heterocycles. The number of nitrogens with zero attached hydrogens (tertiary/aromatic N) is 2. The Bertz CT molecular complexity index is 356. The molecule has 0 aliphatic rings.